The van der Waals surface area contributed by atoms with E-state index in [2.05, 4.69) is 10.0 Å². The Morgan fingerprint density at radius 1 is 1.12 bits per heavy atom. The molecule has 2 N–H and O–H groups in total. The molecule has 0 fully saturated rings. The molecule has 138 valence electrons. The smallest absolute Gasteiger partial charge is 0.339 e. The molecule has 0 aliphatic carbocycles. The van der Waals surface area contributed by atoms with Gasteiger partial charge in [0.25, 0.3) is 5.91 Å². The minimum absolute atomic E-state index is 0.119. The maximum atomic E-state index is 12.5. The van der Waals surface area contributed by atoms with E-state index < -0.39 is 21.9 Å². The number of esters is 1. The Kier molecular flexibility index (Phi) is 6.23. The van der Waals surface area contributed by atoms with Crippen LogP contribution in [0.5, 0.6) is 0 Å². The monoisotopic (exact) mass is 396 g/mol. The SMILES string of the molecule is CCOC(=O)c1cc(NC(=O)c2ccccc2NS(C)(=O)=O)ccc1Cl. The van der Waals surface area contributed by atoms with Crippen molar-refractivity contribution >= 4 is 44.9 Å². The molecule has 0 heterocycles. The topological polar surface area (TPSA) is 102 Å². The van der Waals surface area contributed by atoms with E-state index in [4.69, 9.17) is 16.3 Å². The van der Waals surface area contributed by atoms with Crippen molar-refractivity contribution in [2.75, 3.05) is 22.9 Å². The lowest BCUT2D eigenvalue weighted by atomic mass is 10.1. The zero-order valence-electron chi connectivity index (χ0n) is 14.1. The molecular weight excluding hydrogens is 380 g/mol. The Bertz CT molecular complexity index is 944. The molecule has 0 aliphatic heterocycles. The number of para-hydroxylation sites is 1. The van der Waals surface area contributed by atoms with E-state index in [1.807, 2.05) is 0 Å². The lowest BCUT2D eigenvalue weighted by Gasteiger charge is -2.12. The van der Waals surface area contributed by atoms with Crippen LogP contribution in [0.15, 0.2) is 42.5 Å². The maximum absolute atomic E-state index is 12.5. The minimum Gasteiger partial charge on any atom is -0.462 e. The number of halogens is 1. The van der Waals surface area contributed by atoms with Crippen LogP contribution < -0.4 is 10.0 Å². The number of nitrogens with one attached hydrogen (secondary N) is 2. The molecule has 0 spiro atoms. The largest absolute Gasteiger partial charge is 0.462 e. The van der Waals surface area contributed by atoms with Crippen molar-refractivity contribution in [3.8, 4) is 0 Å². The number of ether oxygens (including phenoxy) is 1. The lowest BCUT2D eigenvalue weighted by molar-refractivity contribution is 0.0526. The molecular formula is C17H17ClN2O5S. The van der Waals surface area contributed by atoms with Gasteiger partial charge in [0.15, 0.2) is 0 Å². The van der Waals surface area contributed by atoms with Gasteiger partial charge in [-0.25, -0.2) is 13.2 Å². The summed E-state index contributed by atoms with van der Waals surface area (Å²) in [5.74, 6) is -1.15. The second-order valence-corrected chi connectivity index (χ2v) is 7.44. The van der Waals surface area contributed by atoms with Crippen LogP contribution in [0, 0.1) is 0 Å². The van der Waals surface area contributed by atoms with Crippen LogP contribution in [-0.4, -0.2) is 33.2 Å². The molecule has 0 unspecified atom stereocenters. The number of anilines is 2. The predicted octanol–water partition coefficient (Wildman–Crippen LogP) is 3.14. The van der Waals surface area contributed by atoms with Crippen LogP contribution in [0.3, 0.4) is 0 Å². The number of sulfonamides is 1. The van der Waals surface area contributed by atoms with E-state index in [9.17, 15) is 18.0 Å². The number of carbonyl (C=O) groups excluding carboxylic acids is 2. The Morgan fingerprint density at radius 2 is 1.81 bits per heavy atom. The predicted molar refractivity (Wildman–Crippen MR) is 100 cm³/mol. The van der Waals surface area contributed by atoms with Gasteiger partial charge in [-0.1, -0.05) is 23.7 Å². The molecule has 2 rings (SSSR count). The van der Waals surface area contributed by atoms with Gasteiger partial charge in [0.1, 0.15) is 0 Å². The van der Waals surface area contributed by atoms with Gasteiger partial charge < -0.3 is 10.1 Å². The van der Waals surface area contributed by atoms with E-state index in [1.165, 1.54) is 30.3 Å². The molecule has 2 aromatic carbocycles. The second-order valence-electron chi connectivity index (χ2n) is 5.29. The van der Waals surface area contributed by atoms with E-state index in [0.717, 1.165) is 6.26 Å². The first-order valence-electron chi connectivity index (χ1n) is 7.56. The molecule has 0 bridgehead atoms. The van der Waals surface area contributed by atoms with Gasteiger partial charge in [0.2, 0.25) is 10.0 Å². The summed E-state index contributed by atoms with van der Waals surface area (Å²) in [5, 5.41) is 2.80. The van der Waals surface area contributed by atoms with E-state index >= 15 is 0 Å². The van der Waals surface area contributed by atoms with Crippen LogP contribution in [-0.2, 0) is 14.8 Å². The molecule has 0 saturated carbocycles. The van der Waals surface area contributed by atoms with Crippen molar-refractivity contribution in [1.29, 1.82) is 0 Å². The van der Waals surface area contributed by atoms with Crippen molar-refractivity contribution < 1.29 is 22.7 Å². The van der Waals surface area contributed by atoms with Crippen LogP contribution >= 0.6 is 11.6 Å². The fourth-order valence-corrected chi connectivity index (χ4v) is 2.91. The summed E-state index contributed by atoms with van der Waals surface area (Å²) in [6.07, 6.45) is 0.993. The number of benzene rings is 2. The molecule has 2 aromatic rings. The van der Waals surface area contributed by atoms with E-state index in [1.54, 1.807) is 19.1 Å². The van der Waals surface area contributed by atoms with Crippen molar-refractivity contribution in [3.63, 3.8) is 0 Å². The van der Waals surface area contributed by atoms with Gasteiger partial charge in [-0.15, -0.1) is 0 Å². The molecule has 1 amide bonds. The highest BCUT2D eigenvalue weighted by Crippen LogP contribution is 2.23. The normalized spacial score (nSPS) is 10.9. The van der Waals surface area contributed by atoms with Crippen LogP contribution in [0.25, 0.3) is 0 Å². The van der Waals surface area contributed by atoms with Crippen molar-refractivity contribution in [2.24, 2.45) is 0 Å². The average molecular weight is 397 g/mol. The molecule has 0 aromatic heterocycles. The molecule has 0 atom stereocenters. The summed E-state index contributed by atoms with van der Waals surface area (Å²) in [4.78, 5) is 24.4. The Morgan fingerprint density at radius 3 is 2.46 bits per heavy atom. The molecule has 0 aliphatic rings. The first-order chi connectivity index (χ1) is 12.2. The van der Waals surface area contributed by atoms with Crippen molar-refractivity contribution in [1.82, 2.24) is 0 Å². The number of amides is 1. The van der Waals surface area contributed by atoms with Crippen molar-refractivity contribution in [3.05, 3.63) is 58.6 Å². The van der Waals surface area contributed by atoms with E-state index in [-0.39, 0.29) is 28.4 Å². The average Bonchev–Trinajstić information content (AvgIpc) is 2.55. The maximum Gasteiger partial charge on any atom is 0.339 e. The summed E-state index contributed by atoms with van der Waals surface area (Å²) in [6.45, 7) is 1.86. The highest BCUT2D eigenvalue weighted by molar-refractivity contribution is 7.92. The summed E-state index contributed by atoms with van der Waals surface area (Å²) in [6, 6.07) is 10.5. The Labute approximate surface area is 156 Å². The molecule has 0 saturated heterocycles. The van der Waals surface area contributed by atoms with Gasteiger partial charge in [-0.2, -0.15) is 0 Å². The van der Waals surface area contributed by atoms with Gasteiger partial charge >= 0.3 is 5.97 Å². The first kappa shape index (κ1) is 19.7. The van der Waals surface area contributed by atoms with Crippen LogP contribution in [0.4, 0.5) is 11.4 Å². The lowest BCUT2D eigenvalue weighted by Crippen LogP contribution is -2.17. The van der Waals surface area contributed by atoms with Gasteiger partial charge in [-0.05, 0) is 37.3 Å². The first-order valence-corrected chi connectivity index (χ1v) is 9.83. The summed E-state index contributed by atoms with van der Waals surface area (Å²) >= 11 is 5.99. The molecule has 7 nitrogen and oxygen atoms in total. The van der Waals surface area contributed by atoms with Gasteiger partial charge in [0.05, 0.1) is 34.7 Å². The standard InChI is InChI=1S/C17H17ClN2O5S/c1-3-25-17(22)13-10-11(8-9-14(13)18)19-16(21)12-6-4-5-7-15(12)20-26(2,23)24/h4-10,20H,3H2,1-2H3,(H,19,21). The third kappa shape index (κ3) is 5.21. The summed E-state index contributed by atoms with van der Waals surface area (Å²) in [5.41, 5.74) is 0.711. The van der Waals surface area contributed by atoms with E-state index in [0.29, 0.717) is 5.69 Å². The van der Waals surface area contributed by atoms with Crippen molar-refractivity contribution in [2.45, 2.75) is 6.92 Å². The third-order valence-electron chi connectivity index (χ3n) is 3.19. The van der Waals surface area contributed by atoms with Crippen LogP contribution in [0.1, 0.15) is 27.6 Å². The Hall–Kier alpha value is -2.58. The number of hydrogen-bond acceptors (Lipinski definition) is 5. The number of hydrogen-bond donors (Lipinski definition) is 2. The fourth-order valence-electron chi connectivity index (χ4n) is 2.14. The summed E-state index contributed by atoms with van der Waals surface area (Å²) < 4.78 is 30.1. The zero-order valence-corrected chi connectivity index (χ0v) is 15.6. The third-order valence-corrected chi connectivity index (χ3v) is 4.11. The highest BCUT2D eigenvalue weighted by Gasteiger charge is 2.16. The molecule has 9 heteroatoms. The molecule has 26 heavy (non-hydrogen) atoms. The second kappa shape index (κ2) is 8.20. The summed E-state index contributed by atoms with van der Waals surface area (Å²) in [7, 11) is -3.54. The van der Waals surface area contributed by atoms with Gasteiger partial charge in [0, 0.05) is 5.69 Å². The van der Waals surface area contributed by atoms with Crippen LogP contribution in [0.2, 0.25) is 5.02 Å². The molecule has 0 radical (unpaired) electrons. The number of rotatable bonds is 6. The fraction of sp³-hybridized carbons (Fsp3) is 0.176. The quantitative estimate of drug-likeness (QED) is 0.730. The Balaban J connectivity index is 2.29. The highest BCUT2D eigenvalue weighted by atomic mass is 35.5. The van der Waals surface area contributed by atoms with Gasteiger partial charge in [-0.3, -0.25) is 9.52 Å². The minimum atomic E-state index is -3.54. The number of carbonyl (C=O) groups is 2. The zero-order chi connectivity index (χ0) is 19.3.